The number of likely N-dealkylation sites (N-methyl/N-ethyl adjacent to an activating group) is 1. The predicted octanol–water partition coefficient (Wildman–Crippen LogP) is 4.77. The molecule has 4 rings (SSSR count). The molecular formula is C32H44N4O3. The molecule has 0 aromatic heterocycles. The van der Waals surface area contributed by atoms with E-state index in [1.165, 1.54) is 0 Å². The summed E-state index contributed by atoms with van der Waals surface area (Å²) in [6.07, 6.45) is 2.66. The van der Waals surface area contributed by atoms with Gasteiger partial charge in [-0.25, -0.2) is 0 Å². The van der Waals surface area contributed by atoms with Crippen molar-refractivity contribution >= 4 is 23.4 Å². The lowest BCUT2D eigenvalue weighted by atomic mass is 9.83. The van der Waals surface area contributed by atoms with Crippen molar-refractivity contribution in [2.45, 2.75) is 65.5 Å². The average Bonchev–Trinajstić information content (AvgIpc) is 3.15. The molecule has 1 atom stereocenters. The number of rotatable bonds is 8. The molecule has 7 nitrogen and oxygen atoms in total. The van der Waals surface area contributed by atoms with Crippen LogP contribution in [-0.4, -0.2) is 71.3 Å². The minimum atomic E-state index is -0.743. The Morgan fingerprint density at radius 3 is 2.15 bits per heavy atom. The first-order valence-corrected chi connectivity index (χ1v) is 14.2. The highest BCUT2D eigenvalue weighted by molar-refractivity contribution is 5.96. The molecule has 2 heterocycles. The summed E-state index contributed by atoms with van der Waals surface area (Å²) in [6.45, 7) is 10.8. The van der Waals surface area contributed by atoms with Crippen molar-refractivity contribution in [2.75, 3.05) is 38.3 Å². The van der Waals surface area contributed by atoms with Gasteiger partial charge < -0.3 is 19.6 Å². The van der Waals surface area contributed by atoms with Gasteiger partial charge in [0.15, 0.2) is 0 Å². The summed E-state index contributed by atoms with van der Waals surface area (Å²) in [6, 6.07) is 19.8. The van der Waals surface area contributed by atoms with E-state index in [2.05, 4.69) is 32.6 Å². The van der Waals surface area contributed by atoms with E-state index in [0.29, 0.717) is 51.5 Å². The SMILES string of the molecule is CC(CC(=O)N1CCC2(CC1)C(=O)N(CC(=O)N(C)Cc1ccccc1)CN2c1ccccc1)CC(C)(C)C. The number of carbonyl (C=O) groups is 3. The number of anilines is 1. The van der Waals surface area contributed by atoms with Crippen LogP contribution in [0.2, 0.25) is 0 Å². The molecule has 0 bridgehead atoms. The van der Waals surface area contributed by atoms with Gasteiger partial charge >= 0.3 is 0 Å². The standard InChI is InChI=1S/C32H44N4O3/c1-25(21-31(2,3)4)20-28(37)34-18-16-32(17-19-34)30(39)35(24-36(32)27-14-10-7-11-15-27)23-29(38)33(5)22-26-12-8-6-9-13-26/h6-15,25H,16-24H2,1-5H3. The second-order valence-electron chi connectivity index (χ2n) is 12.6. The lowest BCUT2D eigenvalue weighted by molar-refractivity contribution is -0.142. The van der Waals surface area contributed by atoms with Gasteiger partial charge in [0, 0.05) is 38.8 Å². The largest absolute Gasteiger partial charge is 0.342 e. The number of nitrogens with zero attached hydrogens (tertiary/aromatic N) is 4. The lowest BCUT2D eigenvalue weighted by Gasteiger charge is -2.43. The number of likely N-dealkylation sites (tertiary alicyclic amines) is 1. The highest BCUT2D eigenvalue weighted by Crippen LogP contribution is 2.40. The Hall–Kier alpha value is -3.35. The Morgan fingerprint density at radius 2 is 1.56 bits per heavy atom. The van der Waals surface area contributed by atoms with Crippen molar-refractivity contribution in [3.63, 3.8) is 0 Å². The minimum Gasteiger partial charge on any atom is -0.342 e. The van der Waals surface area contributed by atoms with Gasteiger partial charge in [-0.1, -0.05) is 76.2 Å². The zero-order valence-corrected chi connectivity index (χ0v) is 24.2. The maximum atomic E-state index is 14.0. The highest BCUT2D eigenvalue weighted by atomic mass is 16.2. The van der Waals surface area contributed by atoms with Gasteiger partial charge in [0.2, 0.25) is 11.8 Å². The molecule has 1 unspecified atom stereocenters. The van der Waals surface area contributed by atoms with E-state index >= 15 is 0 Å². The molecule has 210 valence electrons. The molecule has 7 heteroatoms. The van der Waals surface area contributed by atoms with Crippen LogP contribution in [0.1, 0.15) is 58.9 Å². The van der Waals surface area contributed by atoms with E-state index in [1.807, 2.05) is 65.6 Å². The van der Waals surface area contributed by atoms with Crippen LogP contribution in [-0.2, 0) is 20.9 Å². The highest BCUT2D eigenvalue weighted by Gasteiger charge is 2.54. The summed E-state index contributed by atoms with van der Waals surface area (Å²) in [5.74, 6) is 0.392. The Balaban J connectivity index is 1.45. The molecule has 0 aliphatic carbocycles. The number of amides is 3. The average molecular weight is 533 g/mol. The number of para-hydroxylation sites is 1. The molecule has 2 aromatic carbocycles. The van der Waals surface area contributed by atoms with E-state index < -0.39 is 5.54 Å². The van der Waals surface area contributed by atoms with Crippen LogP contribution in [0.3, 0.4) is 0 Å². The molecule has 2 aromatic rings. The molecule has 2 saturated heterocycles. The molecule has 0 radical (unpaired) electrons. The van der Waals surface area contributed by atoms with Crippen LogP contribution in [0.15, 0.2) is 60.7 Å². The maximum Gasteiger partial charge on any atom is 0.250 e. The van der Waals surface area contributed by atoms with Gasteiger partial charge in [0.1, 0.15) is 12.1 Å². The van der Waals surface area contributed by atoms with Crippen LogP contribution in [0.4, 0.5) is 5.69 Å². The molecule has 2 fully saturated rings. The first-order valence-electron chi connectivity index (χ1n) is 14.2. The second-order valence-corrected chi connectivity index (χ2v) is 12.6. The first-order chi connectivity index (χ1) is 18.5. The fraction of sp³-hybridized carbons (Fsp3) is 0.531. The van der Waals surface area contributed by atoms with E-state index in [0.717, 1.165) is 17.7 Å². The smallest absolute Gasteiger partial charge is 0.250 e. The molecule has 39 heavy (non-hydrogen) atoms. The van der Waals surface area contributed by atoms with Crippen LogP contribution < -0.4 is 4.90 Å². The Labute approximate surface area is 233 Å². The third kappa shape index (κ3) is 6.81. The number of hydrogen-bond donors (Lipinski definition) is 0. The summed E-state index contributed by atoms with van der Waals surface area (Å²) < 4.78 is 0. The van der Waals surface area contributed by atoms with Crippen LogP contribution in [0.25, 0.3) is 0 Å². The van der Waals surface area contributed by atoms with Crippen molar-refractivity contribution in [1.82, 2.24) is 14.7 Å². The van der Waals surface area contributed by atoms with Crippen molar-refractivity contribution < 1.29 is 14.4 Å². The number of carbonyl (C=O) groups excluding carboxylic acids is 3. The van der Waals surface area contributed by atoms with Gasteiger partial charge in [-0.15, -0.1) is 0 Å². The van der Waals surface area contributed by atoms with E-state index in [9.17, 15) is 14.4 Å². The topological polar surface area (TPSA) is 64.2 Å². The first kappa shape index (κ1) is 28.7. The zero-order valence-electron chi connectivity index (χ0n) is 24.2. The van der Waals surface area contributed by atoms with Crippen molar-refractivity contribution in [3.8, 4) is 0 Å². The van der Waals surface area contributed by atoms with Crippen molar-refractivity contribution in [3.05, 3.63) is 66.2 Å². The van der Waals surface area contributed by atoms with Gasteiger partial charge in [-0.05, 0) is 48.3 Å². The van der Waals surface area contributed by atoms with Crippen LogP contribution >= 0.6 is 0 Å². The molecule has 2 aliphatic heterocycles. The summed E-state index contributed by atoms with van der Waals surface area (Å²) in [4.78, 5) is 47.8. The van der Waals surface area contributed by atoms with Crippen LogP contribution in [0, 0.1) is 11.3 Å². The zero-order chi connectivity index (χ0) is 28.2. The molecule has 0 saturated carbocycles. The van der Waals surface area contributed by atoms with E-state index in [-0.39, 0.29) is 29.7 Å². The van der Waals surface area contributed by atoms with Crippen LogP contribution in [0.5, 0.6) is 0 Å². The van der Waals surface area contributed by atoms with Crippen molar-refractivity contribution in [1.29, 1.82) is 0 Å². The Bertz CT molecular complexity index is 1140. The Kier molecular flexibility index (Phi) is 8.67. The monoisotopic (exact) mass is 532 g/mol. The van der Waals surface area contributed by atoms with E-state index in [1.54, 1.807) is 16.8 Å². The number of benzene rings is 2. The number of hydrogen-bond acceptors (Lipinski definition) is 4. The third-order valence-corrected chi connectivity index (χ3v) is 8.02. The van der Waals surface area contributed by atoms with Gasteiger partial charge in [0.05, 0.1) is 6.67 Å². The molecule has 2 aliphatic rings. The predicted molar refractivity (Wildman–Crippen MR) is 155 cm³/mol. The molecule has 0 N–H and O–H groups in total. The van der Waals surface area contributed by atoms with Gasteiger partial charge in [-0.3, -0.25) is 14.4 Å². The quantitative estimate of drug-likeness (QED) is 0.491. The molecule has 3 amide bonds. The third-order valence-electron chi connectivity index (χ3n) is 8.02. The fourth-order valence-corrected chi connectivity index (χ4v) is 6.22. The molecular weight excluding hydrogens is 488 g/mol. The maximum absolute atomic E-state index is 14.0. The normalized spacial score (nSPS) is 18.0. The Morgan fingerprint density at radius 1 is 0.974 bits per heavy atom. The summed E-state index contributed by atoms with van der Waals surface area (Å²) in [5.41, 5.74) is 1.47. The minimum absolute atomic E-state index is 0.0130. The second kappa shape index (κ2) is 11.8. The molecule has 1 spiro atoms. The van der Waals surface area contributed by atoms with E-state index in [4.69, 9.17) is 0 Å². The van der Waals surface area contributed by atoms with Gasteiger partial charge in [0.25, 0.3) is 5.91 Å². The summed E-state index contributed by atoms with van der Waals surface area (Å²) in [5, 5.41) is 0. The number of piperidine rings is 1. The summed E-state index contributed by atoms with van der Waals surface area (Å²) in [7, 11) is 1.78. The summed E-state index contributed by atoms with van der Waals surface area (Å²) >= 11 is 0. The lowest BCUT2D eigenvalue weighted by Crippen LogP contribution is -2.57. The van der Waals surface area contributed by atoms with Crippen molar-refractivity contribution in [2.24, 2.45) is 11.3 Å². The fourth-order valence-electron chi connectivity index (χ4n) is 6.22. The van der Waals surface area contributed by atoms with Gasteiger partial charge in [-0.2, -0.15) is 0 Å².